The van der Waals surface area contributed by atoms with Gasteiger partial charge in [0.1, 0.15) is 5.37 Å². The Kier molecular flexibility index (Phi) is 5.92. The molecular formula is C7H15NOS3. The molecule has 1 N–H and O–H groups in total. The molecule has 0 bridgehead atoms. The zero-order valence-electron chi connectivity index (χ0n) is 7.25. The molecule has 0 amide bonds. The molecule has 5 heteroatoms. The van der Waals surface area contributed by atoms with Crippen molar-refractivity contribution in [2.75, 3.05) is 17.9 Å². The van der Waals surface area contributed by atoms with Gasteiger partial charge in [-0.3, -0.25) is 0 Å². The number of hydrogen-bond acceptors (Lipinski definition) is 4. The highest BCUT2D eigenvalue weighted by Crippen LogP contribution is 2.29. The number of nitrogens with one attached hydrogen (secondary N) is 1. The van der Waals surface area contributed by atoms with Crippen LogP contribution in [0.5, 0.6) is 0 Å². The van der Waals surface area contributed by atoms with E-state index in [1.54, 1.807) is 10.8 Å². The normalized spacial score (nSPS) is 30.5. The predicted molar refractivity (Wildman–Crippen MR) is 60.4 cm³/mol. The van der Waals surface area contributed by atoms with Gasteiger partial charge in [0, 0.05) is 11.5 Å². The van der Waals surface area contributed by atoms with Gasteiger partial charge in [-0.05, 0) is 29.9 Å². The van der Waals surface area contributed by atoms with Gasteiger partial charge in [-0.25, -0.2) is 0 Å². The lowest BCUT2D eigenvalue weighted by Crippen LogP contribution is -3.11. The Morgan fingerprint density at radius 1 is 1.50 bits per heavy atom. The van der Waals surface area contributed by atoms with E-state index >= 15 is 0 Å². The van der Waals surface area contributed by atoms with Crippen LogP contribution in [0, 0.1) is 5.21 Å². The second-order valence-electron chi connectivity index (χ2n) is 2.82. The van der Waals surface area contributed by atoms with E-state index in [9.17, 15) is 5.21 Å². The quantitative estimate of drug-likeness (QED) is 0.340. The van der Waals surface area contributed by atoms with Crippen molar-refractivity contribution >= 4 is 33.3 Å². The van der Waals surface area contributed by atoms with Crippen LogP contribution in [-0.2, 0) is 0 Å². The monoisotopic (exact) mass is 225 g/mol. The van der Waals surface area contributed by atoms with Crippen LogP contribution >= 0.6 is 33.3 Å². The summed E-state index contributed by atoms with van der Waals surface area (Å²) in [4.78, 5) is 0. The Balaban J connectivity index is 2.11. The van der Waals surface area contributed by atoms with Gasteiger partial charge in [-0.15, -0.1) is 0 Å². The van der Waals surface area contributed by atoms with Crippen molar-refractivity contribution in [3.63, 3.8) is 0 Å². The Labute approximate surface area is 86.2 Å². The average molecular weight is 225 g/mol. The third-order valence-corrected chi connectivity index (χ3v) is 6.01. The van der Waals surface area contributed by atoms with Crippen LogP contribution in [0.15, 0.2) is 0 Å². The SMILES string of the molecule is CSCSSC1CCCC[NH+]1[O-]. The fourth-order valence-corrected chi connectivity index (χ4v) is 4.94. The van der Waals surface area contributed by atoms with Crippen LogP contribution in [0.2, 0.25) is 0 Å². The van der Waals surface area contributed by atoms with Crippen LogP contribution in [0.3, 0.4) is 0 Å². The summed E-state index contributed by atoms with van der Waals surface area (Å²) in [6.07, 6.45) is 5.55. The zero-order chi connectivity index (χ0) is 8.81. The van der Waals surface area contributed by atoms with Gasteiger partial charge in [-0.1, -0.05) is 10.8 Å². The molecule has 2 atom stereocenters. The van der Waals surface area contributed by atoms with Gasteiger partial charge in [0.15, 0.2) is 0 Å². The van der Waals surface area contributed by atoms with Crippen molar-refractivity contribution in [3.8, 4) is 0 Å². The Morgan fingerprint density at radius 3 is 3.00 bits per heavy atom. The molecule has 12 heavy (non-hydrogen) atoms. The van der Waals surface area contributed by atoms with Crippen LogP contribution < -0.4 is 5.06 Å². The van der Waals surface area contributed by atoms with Crippen LogP contribution in [0.1, 0.15) is 19.3 Å². The minimum Gasteiger partial charge on any atom is -0.633 e. The molecule has 1 saturated heterocycles. The summed E-state index contributed by atoms with van der Waals surface area (Å²) in [6, 6.07) is 0. The van der Waals surface area contributed by atoms with Gasteiger partial charge in [0.25, 0.3) is 0 Å². The van der Waals surface area contributed by atoms with Crippen LogP contribution in [0.25, 0.3) is 0 Å². The highest BCUT2D eigenvalue weighted by atomic mass is 33.1. The average Bonchev–Trinajstić information content (AvgIpc) is 2.09. The lowest BCUT2D eigenvalue weighted by molar-refractivity contribution is -0.864. The number of hydrogen-bond donors (Lipinski definition) is 1. The smallest absolute Gasteiger partial charge is 0.144 e. The van der Waals surface area contributed by atoms with Gasteiger partial charge in [-0.2, -0.15) is 11.8 Å². The molecule has 1 aliphatic heterocycles. The molecule has 0 radical (unpaired) electrons. The molecule has 72 valence electrons. The van der Waals surface area contributed by atoms with E-state index in [4.69, 9.17) is 0 Å². The predicted octanol–water partition coefficient (Wildman–Crippen LogP) is 1.58. The third kappa shape index (κ3) is 3.79. The largest absolute Gasteiger partial charge is 0.633 e. The molecule has 0 saturated carbocycles. The van der Waals surface area contributed by atoms with E-state index in [1.165, 1.54) is 6.42 Å². The first-order valence-corrected chi connectivity index (χ1v) is 7.92. The van der Waals surface area contributed by atoms with Crippen molar-refractivity contribution in [2.45, 2.75) is 24.6 Å². The van der Waals surface area contributed by atoms with Crippen LogP contribution in [0.4, 0.5) is 0 Å². The number of thioether (sulfide) groups is 1. The summed E-state index contributed by atoms with van der Waals surface area (Å²) in [5.41, 5.74) is 0. The van der Waals surface area contributed by atoms with Gasteiger partial charge in [0.2, 0.25) is 0 Å². The highest BCUT2D eigenvalue weighted by Gasteiger charge is 2.20. The van der Waals surface area contributed by atoms with E-state index in [0.29, 0.717) is 10.4 Å². The Bertz CT molecular complexity index is 125. The number of hydroxylamine groups is 2. The molecule has 0 aliphatic carbocycles. The molecule has 0 aromatic rings. The maximum atomic E-state index is 11.3. The second-order valence-corrected chi connectivity index (χ2v) is 6.62. The number of quaternary nitrogens is 1. The molecule has 1 heterocycles. The summed E-state index contributed by atoms with van der Waals surface area (Å²) in [5.74, 6) is 0. The summed E-state index contributed by atoms with van der Waals surface area (Å²) in [7, 11) is 3.60. The standard InChI is InChI=1S/C7H15NOS3/c1-10-6-11-12-7-4-2-3-5-8(7)9/h7-8H,2-6H2,1H3. The molecule has 0 aromatic carbocycles. The van der Waals surface area contributed by atoms with Crippen molar-refractivity contribution in [2.24, 2.45) is 0 Å². The first kappa shape index (κ1) is 11.0. The Morgan fingerprint density at radius 2 is 2.33 bits per heavy atom. The summed E-state index contributed by atoms with van der Waals surface area (Å²) < 4.78 is 0. The second kappa shape index (κ2) is 6.43. The summed E-state index contributed by atoms with van der Waals surface area (Å²) >= 11 is 1.82. The van der Waals surface area contributed by atoms with Gasteiger partial charge >= 0.3 is 0 Å². The molecule has 1 fully saturated rings. The maximum Gasteiger partial charge on any atom is 0.144 e. The minimum absolute atomic E-state index is 0.302. The number of piperidine rings is 1. The van der Waals surface area contributed by atoms with Crippen molar-refractivity contribution in [1.82, 2.24) is 0 Å². The molecule has 0 aromatic heterocycles. The molecule has 2 nitrogen and oxygen atoms in total. The number of rotatable bonds is 4. The maximum absolute atomic E-state index is 11.3. The zero-order valence-corrected chi connectivity index (χ0v) is 9.70. The third-order valence-electron chi connectivity index (χ3n) is 1.85. The van der Waals surface area contributed by atoms with Gasteiger partial charge < -0.3 is 10.3 Å². The lowest BCUT2D eigenvalue weighted by Gasteiger charge is -2.34. The minimum atomic E-state index is 0.302. The first-order chi connectivity index (χ1) is 5.84. The van der Waals surface area contributed by atoms with Gasteiger partial charge in [0.05, 0.1) is 6.54 Å². The summed E-state index contributed by atoms with van der Waals surface area (Å²) in [6.45, 7) is 0.817. The van der Waals surface area contributed by atoms with Crippen molar-refractivity contribution in [3.05, 3.63) is 5.21 Å². The fraction of sp³-hybridized carbons (Fsp3) is 1.00. The topological polar surface area (TPSA) is 27.5 Å². The summed E-state index contributed by atoms with van der Waals surface area (Å²) in [5, 5.41) is 13.2. The van der Waals surface area contributed by atoms with Crippen molar-refractivity contribution < 1.29 is 5.06 Å². The fourth-order valence-electron chi connectivity index (χ4n) is 1.21. The molecule has 0 spiro atoms. The van der Waals surface area contributed by atoms with Crippen LogP contribution in [-0.4, -0.2) is 23.3 Å². The van der Waals surface area contributed by atoms with E-state index in [2.05, 4.69) is 6.26 Å². The molecular weight excluding hydrogens is 210 g/mol. The Hall–Kier alpha value is 0.970. The van der Waals surface area contributed by atoms with E-state index in [0.717, 1.165) is 24.5 Å². The lowest BCUT2D eigenvalue weighted by atomic mass is 10.2. The van der Waals surface area contributed by atoms with Crippen molar-refractivity contribution in [1.29, 1.82) is 0 Å². The molecule has 1 rings (SSSR count). The first-order valence-electron chi connectivity index (χ1n) is 4.14. The molecule has 2 unspecified atom stereocenters. The van der Waals surface area contributed by atoms with E-state index in [1.807, 2.05) is 22.6 Å². The van der Waals surface area contributed by atoms with E-state index < -0.39 is 0 Å². The van der Waals surface area contributed by atoms with E-state index in [-0.39, 0.29) is 0 Å². The highest BCUT2D eigenvalue weighted by molar-refractivity contribution is 8.78. The molecule has 1 aliphatic rings.